The maximum Gasteiger partial charge on any atom is 0.306 e. The molecule has 0 aromatic heterocycles. The molecule has 2 N–H and O–H groups in total. The Morgan fingerprint density at radius 3 is 2.14 bits per heavy atom. The largest absolute Gasteiger partial charge is 0.481 e. The molecular formula is C17H15NO4. The van der Waals surface area contributed by atoms with Gasteiger partial charge in [0.2, 0.25) is 0 Å². The van der Waals surface area contributed by atoms with Gasteiger partial charge in [0.1, 0.15) is 6.04 Å². The van der Waals surface area contributed by atoms with Crippen LogP contribution in [0, 0.1) is 0 Å². The van der Waals surface area contributed by atoms with E-state index < -0.39 is 29.9 Å². The molecule has 0 saturated carbocycles. The van der Waals surface area contributed by atoms with Gasteiger partial charge in [0, 0.05) is 5.69 Å². The fourth-order valence-corrected chi connectivity index (χ4v) is 2.91. The first-order valence-electron chi connectivity index (χ1n) is 6.92. The Morgan fingerprint density at radius 2 is 1.59 bits per heavy atom. The van der Waals surface area contributed by atoms with Crippen LogP contribution in [-0.2, 0) is 9.59 Å². The van der Waals surface area contributed by atoms with Crippen molar-refractivity contribution in [1.82, 2.24) is 0 Å². The highest BCUT2D eigenvalue weighted by atomic mass is 16.4. The number of hydrogen-bond donors (Lipinski definition) is 2. The molecule has 2 aromatic rings. The third-order valence-corrected chi connectivity index (χ3v) is 3.87. The Hall–Kier alpha value is -2.66. The van der Waals surface area contributed by atoms with Crippen LogP contribution in [0.5, 0.6) is 0 Å². The summed E-state index contributed by atoms with van der Waals surface area (Å²) in [6.45, 7) is 0. The summed E-state index contributed by atoms with van der Waals surface area (Å²) in [5, 5.41) is 19.6. The lowest BCUT2D eigenvalue weighted by Gasteiger charge is -2.52. The average molecular weight is 297 g/mol. The van der Waals surface area contributed by atoms with Crippen LogP contribution in [0.4, 0.5) is 5.69 Å². The zero-order chi connectivity index (χ0) is 15.7. The van der Waals surface area contributed by atoms with Crippen molar-refractivity contribution in [2.45, 2.75) is 18.1 Å². The maximum absolute atomic E-state index is 12.4. The van der Waals surface area contributed by atoms with Crippen LogP contribution in [0.1, 0.15) is 18.0 Å². The van der Waals surface area contributed by atoms with Crippen molar-refractivity contribution in [1.29, 1.82) is 0 Å². The number of hydrogen-bond acceptors (Lipinski definition) is 3. The third kappa shape index (κ3) is 2.16. The minimum absolute atomic E-state index is 0.588. The van der Waals surface area contributed by atoms with E-state index in [-0.39, 0.29) is 0 Å². The van der Waals surface area contributed by atoms with E-state index in [1.54, 1.807) is 48.5 Å². The second-order valence-corrected chi connectivity index (χ2v) is 5.32. The summed E-state index contributed by atoms with van der Waals surface area (Å²) in [5.41, 5.74) is -0.575. The van der Waals surface area contributed by atoms with Crippen LogP contribution >= 0.6 is 0 Å². The average Bonchev–Trinajstić information content (AvgIpc) is 2.52. The minimum atomic E-state index is -1.91. The fraction of sp³-hybridized carbons (Fsp3) is 0.176. The number of rotatable bonds is 4. The minimum Gasteiger partial charge on any atom is -0.481 e. The van der Waals surface area contributed by atoms with Gasteiger partial charge in [0.25, 0.3) is 5.91 Å². The van der Waals surface area contributed by atoms with Crippen LogP contribution in [-0.4, -0.2) is 27.7 Å². The molecule has 2 aromatic carbocycles. The van der Waals surface area contributed by atoms with E-state index in [1.165, 1.54) is 4.90 Å². The number of carboxylic acid groups (broad SMARTS) is 1. The SMILES string of the molecule is O=C(O)C[C@]1(O)C(=O)N(c2ccccc2)[C@@H]1c1ccccc1. The molecule has 112 valence electrons. The van der Waals surface area contributed by atoms with Gasteiger partial charge in [-0.05, 0) is 17.7 Å². The number of β-lactam (4-membered cyclic amide) rings is 1. The normalized spacial score (nSPS) is 24.0. The fourth-order valence-electron chi connectivity index (χ4n) is 2.91. The summed E-state index contributed by atoms with van der Waals surface area (Å²) in [6, 6.07) is 17.2. The van der Waals surface area contributed by atoms with E-state index >= 15 is 0 Å². The number of anilines is 1. The number of aliphatic carboxylic acids is 1. The van der Waals surface area contributed by atoms with Crippen molar-refractivity contribution in [3.05, 3.63) is 66.2 Å². The summed E-state index contributed by atoms with van der Waals surface area (Å²) in [7, 11) is 0. The summed E-state index contributed by atoms with van der Waals surface area (Å²) in [4.78, 5) is 24.9. The predicted molar refractivity (Wildman–Crippen MR) is 80.3 cm³/mol. The van der Waals surface area contributed by atoms with E-state index in [1.807, 2.05) is 12.1 Å². The number of nitrogens with zero attached hydrogens (tertiary/aromatic N) is 1. The van der Waals surface area contributed by atoms with Gasteiger partial charge in [-0.3, -0.25) is 14.5 Å². The lowest BCUT2D eigenvalue weighted by molar-refractivity contribution is -0.163. The molecule has 1 aliphatic heterocycles. The first kappa shape index (κ1) is 14.3. The van der Waals surface area contributed by atoms with Gasteiger partial charge in [0.15, 0.2) is 5.60 Å². The molecule has 1 aliphatic rings. The molecule has 2 atom stereocenters. The number of carboxylic acids is 1. The van der Waals surface area contributed by atoms with Crippen molar-refractivity contribution < 1.29 is 19.8 Å². The quantitative estimate of drug-likeness (QED) is 0.846. The van der Waals surface area contributed by atoms with Gasteiger partial charge in [-0.15, -0.1) is 0 Å². The lowest BCUT2D eigenvalue weighted by atomic mass is 9.75. The summed E-state index contributed by atoms with van der Waals surface area (Å²) >= 11 is 0. The monoisotopic (exact) mass is 297 g/mol. The molecule has 1 amide bonds. The van der Waals surface area contributed by atoms with Gasteiger partial charge in [-0.25, -0.2) is 0 Å². The number of aliphatic hydroxyl groups is 1. The Bertz CT molecular complexity index is 701. The van der Waals surface area contributed by atoms with Gasteiger partial charge in [-0.1, -0.05) is 48.5 Å². The summed E-state index contributed by atoms with van der Waals surface area (Å²) in [6.07, 6.45) is -0.616. The van der Waals surface area contributed by atoms with E-state index in [9.17, 15) is 14.7 Å². The van der Waals surface area contributed by atoms with Crippen molar-refractivity contribution in [2.24, 2.45) is 0 Å². The molecular weight excluding hydrogens is 282 g/mol. The zero-order valence-electron chi connectivity index (χ0n) is 11.7. The van der Waals surface area contributed by atoms with Crippen LogP contribution in [0.2, 0.25) is 0 Å². The van der Waals surface area contributed by atoms with Crippen molar-refractivity contribution >= 4 is 17.6 Å². The second kappa shape index (κ2) is 5.27. The summed E-state index contributed by atoms with van der Waals surface area (Å²) in [5.74, 6) is -1.79. The number of carbonyl (C=O) groups is 2. The number of benzene rings is 2. The molecule has 1 fully saturated rings. The van der Waals surface area contributed by atoms with E-state index in [4.69, 9.17) is 5.11 Å². The summed E-state index contributed by atoms with van der Waals surface area (Å²) < 4.78 is 0. The smallest absolute Gasteiger partial charge is 0.306 e. The molecule has 3 rings (SSSR count). The number of carbonyl (C=O) groups excluding carboxylic acids is 1. The maximum atomic E-state index is 12.4. The van der Waals surface area contributed by atoms with E-state index in [0.29, 0.717) is 11.3 Å². The highest BCUT2D eigenvalue weighted by molar-refractivity contribution is 6.09. The van der Waals surface area contributed by atoms with Crippen LogP contribution in [0.25, 0.3) is 0 Å². The van der Waals surface area contributed by atoms with Crippen molar-refractivity contribution in [2.75, 3.05) is 4.90 Å². The molecule has 5 heteroatoms. The van der Waals surface area contributed by atoms with Gasteiger partial charge < -0.3 is 10.2 Å². The number of amides is 1. The topological polar surface area (TPSA) is 77.8 Å². The Balaban J connectivity index is 2.04. The van der Waals surface area contributed by atoms with Gasteiger partial charge >= 0.3 is 5.97 Å². The van der Waals surface area contributed by atoms with Crippen molar-refractivity contribution in [3.8, 4) is 0 Å². The van der Waals surface area contributed by atoms with E-state index in [2.05, 4.69) is 0 Å². The zero-order valence-corrected chi connectivity index (χ0v) is 11.7. The standard InChI is InChI=1S/C17H15NO4/c19-14(20)11-17(22)15(12-7-3-1-4-8-12)18(16(17)21)13-9-5-2-6-10-13/h1-10,15,22H,11H2,(H,19,20)/t15-,17-/m1/s1. The molecule has 5 nitrogen and oxygen atoms in total. The number of para-hydroxylation sites is 1. The molecule has 0 aliphatic carbocycles. The highest BCUT2D eigenvalue weighted by Gasteiger charge is 2.61. The Morgan fingerprint density at radius 1 is 1.05 bits per heavy atom. The molecule has 0 bridgehead atoms. The highest BCUT2D eigenvalue weighted by Crippen LogP contribution is 2.47. The van der Waals surface area contributed by atoms with Crippen LogP contribution < -0.4 is 4.90 Å². The van der Waals surface area contributed by atoms with Gasteiger partial charge in [0.05, 0.1) is 6.42 Å². The molecule has 1 heterocycles. The Kier molecular flexibility index (Phi) is 3.42. The third-order valence-electron chi connectivity index (χ3n) is 3.87. The predicted octanol–water partition coefficient (Wildman–Crippen LogP) is 1.98. The molecule has 1 saturated heterocycles. The van der Waals surface area contributed by atoms with Crippen LogP contribution in [0.15, 0.2) is 60.7 Å². The molecule has 0 radical (unpaired) electrons. The molecule has 22 heavy (non-hydrogen) atoms. The molecule has 0 spiro atoms. The first-order chi connectivity index (χ1) is 10.5. The molecule has 0 unspecified atom stereocenters. The first-order valence-corrected chi connectivity index (χ1v) is 6.92. The Labute approximate surface area is 127 Å². The van der Waals surface area contributed by atoms with E-state index in [0.717, 1.165) is 0 Å². The van der Waals surface area contributed by atoms with Crippen LogP contribution in [0.3, 0.4) is 0 Å². The second-order valence-electron chi connectivity index (χ2n) is 5.32. The van der Waals surface area contributed by atoms with Crippen molar-refractivity contribution in [3.63, 3.8) is 0 Å². The lowest BCUT2D eigenvalue weighted by Crippen LogP contribution is -2.69. The van der Waals surface area contributed by atoms with Gasteiger partial charge in [-0.2, -0.15) is 0 Å².